The summed E-state index contributed by atoms with van der Waals surface area (Å²) in [5.74, 6) is 0.511. The van der Waals surface area contributed by atoms with Crippen LogP contribution >= 0.6 is 0 Å². The van der Waals surface area contributed by atoms with Crippen LogP contribution in [0.2, 0.25) is 0 Å². The summed E-state index contributed by atoms with van der Waals surface area (Å²) in [6.07, 6.45) is 14.7. The first kappa shape index (κ1) is 12.2. The van der Waals surface area contributed by atoms with Crippen LogP contribution in [0.5, 0.6) is 0 Å². The minimum atomic E-state index is -0.250. The smallest absolute Gasteiger partial charge is 0.407 e. The van der Waals surface area contributed by atoms with Gasteiger partial charge in [0.25, 0.3) is 0 Å². The van der Waals surface area contributed by atoms with Gasteiger partial charge >= 0.3 is 6.09 Å². The molecule has 17 heavy (non-hydrogen) atoms. The van der Waals surface area contributed by atoms with E-state index in [1.54, 1.807) is 0 Å². The lowest BCUT2D eigenvalue weighted by Gasteiger charge is -2.21. The summed E-state index contributed by atoms with van der Waals surface area (Å²) in [5.41, 5.74) is 0. The molecule has 2 aliphatic carbocycles. The molecule has 0 aliphatic heterocycles. The molecule has 0 saturated carbocycles. The van der Waals surface area contributed by atoms with Crippen molar-refractivity contribution in [3.05, 3.63) is 24.3 Å². The van der Waals surface area contributed by atoms with Crippen molar-refractivity contribution in [1.29, 1.82) is 0 Å². The molecule has 0 spiro atoms. The summed E-state index contributed by atoms with van der Waals surface area (Å²) in [4.78, 5) is 11.6. The Balaban J connectivity index is 1.63. The van der Waals surface area contributed by atoms with Crippen molar-refractivity contribution in [1.82, 2.24) is 5.32 Å². The molecule has 0 saturated heterocycles. The molecule has 0 aromatic carbocycles. The Bertz CT molecular complexity index is 309. The Kier molecular flexibility index (Phi) is 4.65. The third kappa shape index (κ3) is 4.25. The van der Waals surface area contributed by atoms with Gasteiger partial charge in [-0.3, -0.25) is 0 Å². The summed E-state index contributed by atoms with van der Waals surface area (Å²) >= 11 is 0. The van der Waals surface area contributed by atoms with E-state index in [9.17, 15) is 4.79 Å². The van der Waals surface area contributed by atoms with Crippen LogP contribution in [0.1, 0.15) is 38.5 Å². The normalized spacial score (nSPS) is 27.8. The fourth-order valence-electron chi connectivity index (χ4n) is 2.33. The molecule has 2 aliphatic rings. The lowest BCUT2D eigenvalue weighted by atomic mass is 9.95. The van der Waals surface area contributed by atoms with E-state index in [4.69, 9.17) is 4.74 Å². The van der Waals surface area contributed by atoms with Gasteiger partial charge in [0.05, 0.1) is 6.61 Å². The minimum absolute atomic E-state index is 0.250. The molecule has 2 atom stereocenters. The Morgan fingerprint density at radius 2 is 1.88 bits per heavy atom. The first-order valence-electron chi connectivity index (χ1n) is 6.58. The number of hydrogen-bond acceptors (Lipinski definition) is 2. The molecule has 2 rings (SSSR count). The SMILES string of the molecule is O=C(NC1CC=CCC1)OCC1CC=CCC1. The number of nitrogens with one attached hydrogen (secondary N) is 1. The molecule has 0 fully saturated rings. The maximum atomic E-state index is 11.6. The van der Waals surface area contributed by atoms with E-state index in [0.29, 0.717) is 12.5 Å². The molecule has 1 N–H and O–H groups in total. The van der Waals surface area contributed by atoms with E-state index in [2.05, 4.69) is 29.6 Å². The van der Waals surface area contributed by atoms with Gasteiger partial charge in [-0.15, -0.1) is 0 Å². The van der Waals surface area contributed by atoms with Crippen molar-refractivity contribution in [2.24, 2.45) is 5.92 Å². The van der Waals surface area contributed by atoms with Gasteiger partial charge < -0.3 is 10.1 Å². The highest BCUT2D eigenvalue weighted by Crippen LogP contribution is 2.18. The van der Waals surface area contributed by atoms with Gasteiger partial charge in [0, 0.05) is 6.04 Å². The molecular formula is C14H21NO2. The van der Waals surface area contributed by atoms with Crippen molar-refractivity contribution < 1.29 is 9.53 Å². The van der Waals surface area contributed by atoms with E-state index in [-0.39, 0.29) is 12.1 Å². The van der Waals surface area contributed by atoms with Crippen LogP contribution < -0.4 is 5.32 Å². The third-order valence-corrected chi connectivity index (χ3v) is 3.42. The highest BCUT2D eigenvalue weighted by atomic mass is 16.5. The maximum absolute atomic E-state index is 11.6. The van der Waals surface area contributed by atoms with Crippen LogP contribution in [0.15, 0.2) is 24.3 Å². The Hall–Kier alpha value is -1.25. The second-order valence-corrected chi connectivity index (χ2v) is 4.87. The lowest BCUT2D eigenvalue weighted by Crippen LogP contribution is -2.36. The molecule has 3 nitrogen and oxygen atoms in total. The van der Waals surface area contributed by atoms with Gasteiger partial charge in [-0.2, -0.15) is 0 Å². The summed E-state index contributed by atoms with van der Waals surface area (Å²) < 4.78 is 5.28. The predicted molar refractivity (Wildman–Crippen MR) is 67.7 cm³/mol. The van der Waals surface area contributed by atoms with Crippen LogP contribution in [0, 0.1) is 5.92 Å². The van der Waals surface area contributed by atoms with Gasteiger partial charge in [0.2, 0.25) is 0 Å². The van der Waals surface area contributed by atoms with Gasteiger partial charge in [-0.05, 0) is 44.4 Å². The molecule has 94 valence electrons. The average Bonchev–Trinajstić information content (AvgIpc) is 2.39. The van der Waals surface area contributed by atoms with E-state index in [0.717, 1.165) is 38.5 Å². The fourth-order valence-corrected chi connectivity index (χ4v) is 2.33. The first-order chi connectivity index (χ1) is 8.34. The maximum Gasteiger partial charge on any atom is 0.407 e. The zero-order valence-electron chi connectivity index (χ0n) is 10.2. The Morgan fingerprint density at radius 3 is 2.53 bits per heavy atom. The predicted octanol–water partition coefficient (Wildman–Crippen LogP) is 3.18. The average molecular weight is 235 g/mol. The summed E-state index contributed by atoms with van der Waals surface area (Å²) in [7, 11) is 0. The van der Waals surface area contributed by atoms with Crippen molar-refractivity contribution in [3.8, 4) is 0 Å². The van der Waals surface area contributed by atoms with Gasteiger partial charge in [-0.1, -0.05) is 24.3 Å². The standard InChI is InChI=1S/C14H21NO2/c16-14(15-13-9-5-2-6-10-13)17-11-12-7-3-1-4-8-12/h1-3,5,12-13H,4,6-11H2,(H,15,16). The third-order valence-electron chi connectivity index (χ3n) is 3.42. The molecule has 3 heteroatoms. The number of allylic oxidation sites excluding steroid dienone is 3. The molecule has 1 amide bonds. The van der Waals surface area contributed by atoms with Gasteiger partial charge in [-0.25, -0.2) is 4.79 Å². The monoisotopic (exact) mass is 235 g/mol. The number of ether oxygens (including phenoxy) is 1. The number of hydrogen-bond donors (Lipinski definition) is 1. The highest BCUT2D eigenvalue weighted by molar-refractivity contribution is 5.67. The highest BCUT2D eigenvalue weighted by Gasteiger charge is 2.16. The van der Waals surface area contributed by atoms with Gasteiger partial charge in [0.1, 0.15) is 0 Å². The van der Waals surface area contributed by atoms with Crippen molar-refractivity contribution in [2.75, 3.05) is 6.61 Å². The van der Waals surface area contributed by atoms with Gasteiger partial charge in [0.15, 0.2) is 0 Å². The summed E-state index contributed by atoms with van der Waals surface area (Å²) in [6, 6.07) is 0.263. The van der Waals surface area contributed by atoms with Crippen LogP contribution in [0.3, 0.4) is 0 Å². The second kappa shape index (κ2) is 6.48. The van der Waals surface area contributed by atoms with Crippen molar-refractivity contribution >= 4 is 6.09 Å². The fraction of sp³-hybridized carbons (Fsp3) is 0.643. The topological polar surface area (TPSA) is 38.3 Å². The summed E-state index contributed by atoms with van der Waals surface area (Å²) in [6.45, 7) is 0.554. The number of alkyl carbamates (subject to hydrolysis) is 1. The summed E-state index contributed by atoms with van der Waals surface area (Å²) in [5, 5.41) is 2.93. The van der Waals surface area contributed by atoms with E-state index >= 15 is 0 Å². The molecule has 0 radical (unpaired) electrons. The molecule has 0 heterocycles. The zero-order chi connectivity index (χ0) is 11.9. The quantitative estimate of drug-likeness (QED) is 0.763. The Morgan fingerprint density at radius 1 is 1.12 bits per heavy atom. The van der Waals surface area contributed by atoms with Crippen molar-refractivity contribution in [2.45, 2.75) is 44.6 Å². The van der Waals surface area contributed by atoms with Crippen molar-refractivity contribution in [3.63, 3.8) is 0 Å². The van der Waals surface area contributed by atoms with E-state index in [1.807, 2.05) is 0 Å². The molecule has 0 bridgehead atoms. The first-order valence-corrected chi connectivity index (χ1v) is 6.58. The minimum Gasteiger partial charge on any atom is -0.449 e. The Labute approximate surface area is 103 Å². The van der Waals surface area contributed by atoms with Crippen LogP contribution in [-0.4, -0.2) is 18.7 Å². The lowest BCUT2D eigenvalue weighted by molar-refractivity contribution is 0.120. The number of amides is 1. The zero-order valence-corrected chi connectivity index (χ0v) is 10.2. The largest absolute Gasteiger partial charge is 0.449 e. The number of carbonyl (C=O) groups excluding carboxylic acids is 1. The van der Waals surface area contributed by atoms with Crippen LogP contribution in [-0.2, 0) is 4.74 Å². The molecule has 2 unspecified atom stereocenters. The van der Waals surface area contributed by atoms with E-state index < -0.39 is 0 Å². The number of carbonyl (C=O) groups is 1. The number of rotatable bonds is 3. The second-order valence-electron chi connectivity index (χ2n) is 4.87. The molecule has 0 aromatic rings. The van der Waals surface area contributed by atoms with Crippen LogP contribution in [0.4, 0.5) is 4.79 Å². The van der Waals surface area contributed by atoms with Crippen LogP contribution in [0.25, 0.3) is 0 Å². The molecule has 0 aromatic heterocycles. The molecular weight excluding hydrogens is 214 g/mol. The van der Waals surface area contributed by atoms with E-state index in [1.165, 1.54) is 0 Å².